The van der Waals surface area contributed by atoms with E-state index in [-0.39, 0.29) is 23.0 Å². The summed E-state index contributed by atoms with van der Waals surface area (Å²) >= 11 is 0. The van der Waals surface area contributed by atoms with E-state index in [2.05, 4.69) is 15.0 Å². The van der Waals surface area contributed by atoms with Gasteiger partial charge in [0.1, 0.15) is 34.5 Å². The second-order valence-electron chi connectivity index (χ2n) is 9.82. The van der Waals surface area contributed by atoms with Gasteiger partial charge in [-0.2, -0.15) is 4.98 Å². The molecule has 1 atom stereocenters. The first-order valence-corrected chi connectivity index (χ1v) is 12.6. The van der Waals surface area contributed by atoms with Crippen molar-refractivity contribution in [1.29, 1.82) is 0 Å². The summed E-state index contributed by atoms with van der Waals surface area (Å²) in [5, 5.41) is 10.7. The second kappa shape index (κ2) is 10.00. The fourth-order valence-electron chi connectivity index (χ4n) is 5.12. The Morgan fingerprint density at radius 1 is 1.13 bits per heavy atom. The van der Waals surface area contributed by atoms with Crippen LogP contribution in [0.15, 0.2) is 41.3 Å². The highest BCUT2D eigenvalue weighted by Crippen LogP contribution is 2.38. The number of phenolic OH excluding ortho intramolecular Hbond substituents is 1. The van der Waals surface area contributed by atoms with Gasteiger partial charge in [-0.25, -0.2) is 23.1 Å². The number of piperidine rings is 1. The van der Waals surface area contributed by atoms with Crippen molar-refractivity contribution >= 4 is 16.9 Å². The van der Waals surface area contributed by atoms with E-state index in [0.29, 0.717) is 29.5 Å². The minimum Gasteiger partial charge on any atom is -0.507 e. The molecule has 4 heterocycles. The molecule has 0 bridgehead atoms. The van der Waals surface area contributed by atoms with Crippen molar-refractivity contribution < 1.29 is 18.6 Å². The zero-order valence-electron chi connectivity index (χ0n) is 21.7. The number of hydrogen-bond acceptors (Lipinski definition) is 7. The molecule has 0 unspecified atom stereocenters. The Labute approximate surface area is 218 Å². The average Bonchev–Trinajstić information content (AvgIpc) is 2.89. The molecule has 8 nitrogen and oxygen atoms in total. The van der Waals surface area contributed by atoms with E-state index in [0.717, 1.165) is 25.3 Å². The van der Waals surface area contributed by atoms with Gasteiger partial charge >= 0.3 is 5.69 Å². The predicted molar refractivity (Wildman–Crippen MR) is 141 cm³/mol. The van der Waals surface area contributed by atoms with Crippen molar-refractivity contribution in [3.63, 3.8) is 0 Å². The molecule has 38 heavy (non-hydrogen) atoms. The number of phenols is 1. The van der Waals surface area contributed by atoms with E-state index in [1.807, 2.05) is 25.7 Å². The zero-order valence-corrected chi connectivity index (χ0v) is 21.7. The topological polar surface area (TPSA) is 93.4 Å². The molecule has 0 radical (unpaired) electrons. The van der Waals surface area contributed by atoms with Crippen LogP contribution in [0.1, 0.15) is 51.6 Å². The van der Waals surface area contributed by atoms with Gasteiger partial charge in [-0.1, -0.05) is 19.9 Å². The number of aromatic nitrogens is 4. The van der Waals surface area contributed by atoms with Crippen LogP contribution in [0.4, 0.5) is 14.6 Å². The number of hydrogen-bond donors (Lipinski definition) is 1. The molecule has 1 fully saturated rings. The Morgan fingerprint density at radius 2 is 1.92 bits per heavy atom. The van der Waals surface area contributed by atoms with Crippen molar-refractivity contribution in [2.75, 3.05) is 18.6 Å². The van der Waals surface area contributed by atoms with Gasteiger partial charge in [0.2, 0.25) is 0 Å². The third-order valence-corrected chi connectivity index (χ3v) is 7.01. The molecular formula is C28H29F2N5O3. The first kappa shape index (κ1) is 25.6. The monoisotopic (exact) mass is 521 g/mol. The maximum absolute atomic E-state index is 15.7. The van der Waals surface area contributed by atoms with Gasteiger partial charge in [0, 0.05) is 24.8 Å². The lowest BCUT2D eigenvalue weighted by atomic mass is 10.0. The van der Waals surface area contributed by atoms with E-state index in [1.165, 1.54) is 29.9 Å². The zero-order chi connectivity index (χ0) is 27.1. The van der Waals surface area contributed by atoms with Crippen LogP contribution in [-0.4, -0.2) is 44.3 Å². The van der Waals surface area contributed by atoms with Crippen LogP contribution >= 0.6 is 0 Å². The molecule has 0 spiro atoms. The average molecular weight is 522 g/mol. The number of methoxy groups -OCH3 is 1. The van der Waals surface area contributed by atoms with Gasteiger partial charge in [-0.05, 0) is 50.3 Å². The summed E-state index contributed by atoms with van der Waals surface area (Å²) in [6, 6.07) is 6.59. The minimum absolute atomic E-state index is 0.0602. The molecule has 1 aliphatic rings. The third-order valence-electron chi connectivity index (χ3n) is 7.01. The number of benzene rings is 1. The van der Waals surface area contributed by atoms with Crippen molar-refractivity contribution in [3.05, 3.63) is 64.3 Å². The van der Waals surface area contributed by atoms with Gasteiger partial charge in [0.05, 0.1) is 23.8 Å². The summed E-state index contributed by atoms with van der Waals surface area (Å²) in [6.45, 7) is 6.53. The number of halogens is 2. The highest BCUT2D eigenvalue weighted by molar-refractivity contribution is 5.91. The predicted octanol–water partition coefficient (Wildman–Crippen LogP) is 5.34. The van der Waals surface area contributed by atoms with Gasteiger partial charge in [0.15, 0.2) is 11.5 Å². The lowest BCUT2D eigenvalue weighted by molar-refractivity contribution is 0.410. The molecule has 10 heteroatoms. The molecule has 4 aromatic rings. The molecule has 0 saturated carbocycles. The number of fused-ring (bicyclic) bond motifs is 1. The summed E-state index contributed by atoms with van der Waals surface area (Å²) in [5.41, 5.74) is -0.521. The number of rotatable bonds is 5. The third kappa shape index (κ3) is 4.23. The molecular weight excluding hydrogens is 492 g/mol. The lowest BCUT2D eigenvalue weighted by Crippen LogP contribution is -2.40. The largest absolute Gasteiger partial charge is 0.507 e. The van der Waals surface area contributed by atoms with Crippen LogP contribution in [0, 0.1) is 11.6 Å². The highest BCUT2D eigenvalue weighted by Gasteiger charge is 2.28. The molecule has 0 amide bonds. The van der Waals surface area contributed by atoms with E-state index in [9.17, 15) is 14.3 Å². The highest BCUT2D eigenvalue weighted by atomic mass is 19.1. The summed E-state index contributed by atoms with van der Waals surface area (Å²) in [7, 11) is 1.48. The van der Waals surface area contributed by atoms with Gasteiger partial charge in [0.25, 0.3) is 0 Å². The van der Waals surface area contributed by atoms with Crippen molar-refractivity contribution in [2.45, 2.75) is 52.0 Å². The number of aromatic hydroxyl groups is 1. The molecule has 1 N–H and O–H groups in total. The molecule has 1 saturated heterocycles. The smallest absolute Gasteiger partial charge is 0.356 e. The normalized spacial score (nSPS) is 15.9. The summed E-state index contributed by atoms with van der Waals surface area (Å²) in [5.74, 6) is -1.60. The van der Waals surface area contributed by atoms with Gasteiger partial charge < -0.3 is 14.7 Å². The van der Waals surface area contributed by atoms with E-state index >= 15 is 4.39 Å². The number of pyridine rings is 2. The van der Waals surface area contributed by atoms with Crippen molar-refractivity contribution in [1.82, 2.24) is 19.5 Å². The Balaban J connectivity index is 1.93. The molecule has 1 aliphatic heterocycles. The first-order valence-electron chi connectivity index (χ1n) is 12.6. The number of ether oxygens (including phenoxy) is 1. The van der Waals surface area contributed by atoms with Crippen LogP contribution in [-0.2, 0) is 0 Å². The van der Waals surface area contributed by atoms with E-state index < -0.39 is 34.3 Å². The molecule has 0 aliphatic carbocycles. The first-order chi connectivity index (χ1) is 18.2. The van der Waals surface area contributed by atoms with E-state index in [4.69, 9.17) is 4.74 Å². The number of nitrogens with zero attached hydrogens (tertiary/aromatic N) is 5. The van der Waals surface area contributed by atoms with Crippen LogP contribution in [0.25, 0.3) is 28.0 Å². The van der Waals surface area contributed by atoms with Crippen molar-refractivity contribution in [2.24, 2.45) is 0 Å². The fraction of sp³-hybridized carbons (Fsp3) is 0.357. The van der Waals surface area contributed by atoms with Crippen LogP contribution in [0.5, 0.6) is 11.5 Å². The maximum Gasteiger partial charge on any atom is 0.356 e. The quantitative estimate of drug-likeness (QED) is 0.379. The molecule has 3 aromatic heterocycles. The standard InChI is InChI=1S/C28H29F2N5O3/c1-15(2)23-25(21(38-4)11-12-31-23)35-27-17(26(33-28(35)37)34-13-6-5-8-16(34)3)14-19(30)24(32-27)22-18(29)9-7-10-20(22)36/h7,9-12,14-16,36H,5-6,8,13H2,1-4H3/t16-/m0/s1. The molecule has 5 rings (SSSR count). The number of anilines is 1. The summed E-state index contributed by atoms with van der Waals surface area (Å²) in [6.07, 6.45) is 4.43. The van der Waals surface area contributed by atoms with E-state index in [1.54, 1.807) is 12.3 Å². The Morgan fingerprint density at radius 3 is 2.61 bits per heavy atom. The SMILES string of the molecule is COc1ccnc(C(C)C)c1-n1c(=O)nc(N2CCCC[C@@H]2C)c2cc(F)c(-c3c(O)cccc3F)nc21. The van der Waals surface area contributed by atoms with Crippen LogP contribution in [0.2, 0.25) is 0 Å². The second-order valence-corrected chi connectivity index (χ2v) is 9.82. The van der Waals surface area contributed by atoms with Crippen molar-refractivity contribution in [3.8, 4) is 28.4 Å². The minimum atomic E-state index is -0.849. The summed E-state index contributed by atoms with van der Waals surface area (Å²) < 4.78 is 37.4. The van der Waals surface area contributed by atoms with Gasteiger partial charge in [-0.15, -0.1) is 0 Å². The Bertz CT molecular complexity index is 1570. The van der Waals surface area contributed by atoms with Gasteiger partial charge in [-0.3, -0.25) is 4.98 Å². The van der Waals surface area contributed by atoms with Crippen LogP contribution in [0.3, 0.4) is 0 Å². The van der Waals surface area contributed by atoms with Crippen LogP contribution < -0.4 is 15.3 Å². The fourth-order valence-corrected chi connectivity index (χ4v) is 5.12. The molecule has 1 aromatic carbocycles. The maximum atomic E-state index is 15.7. The summed E-state index contributed by atoms with van der Waals surface area (Å²) in [4.78, 5) is 29.2. The Hall–Kier alpha value is -4.08. The Kier molecular flexibility index (Phi) is 6.73. The lowest BCUT2D eigenvalue weighted by Gasteiger charge is -2.35. The molecule has 198 valence electrons.